The van der Waals surface area contributed by atoms with Gasteiger partial charge in [-0.1, -0.05) is 25.5 Å². The highest BCUT2D eigenvalue weighted by Crippen LogP contribution is 2.30. The minimum absolute atomic E-state index is 0.229. The van der Waals surface area contributed by atoms with Crippen LogP contribution in [0.15, 0.2) is 30.3 Å². The van der Waals surface area contributed by atoms with Gasteiger partial charge in [-0.2, -0.15) is 5.10 Å². The SMILES string of the molecule is CCCCc1nnc(OC2CCN(C)CC2)cc1-c1ccc(OC2CCCC2)cc1. The maximum atomic E-state index is 6.21. The first-order valence-electron chi connectivity index (χ1n) is 11.7. The molecular formula is C25H35N3O2. The van der Waals surface area contributed by atoms with E-state index in [0.717, 1.165) is 67.8 Å². The van der Waals surface area contributed by atoms with Gasteiger partial charge in [-0.25, -0.2) is 0 Å². The molecule has 5 nitrogen and oxygen atoms in total. The molecule has 2 aromatic rings. The molecule has 30 heavy (non-hydrogen) atoms. The van der Waals surface area contributed by atoms with Gasteiger partial charge in [0.15, 0.2) is 0 Å². The number of rotatable bonds is 8. The molecule has 2 aliphatic rings. The second-order valence-electron chi connectivity index (χ2n) is 8.82. The summed E-state index contributed by atoms with van der Waals surface area (Å²) in [7, 11) is 2.16. The molecule has 5 heteroatoms. The molecule has 0 bridgehead atoms. The van der Waals surface area contributed by atoms with Crippen LogP contribution in [0, 0.1) is 0 Å². The van der Waals surface area contributed by atoms with Gasteiger partial charge in [-0.15, -0.1) is 5.10 Å². The molecular weight excluding hydrogens is 374 g/mol. The second kappa shape index (κ2) is 10.3. The van der Waals surface area contributed by atoms with Crippen molar-refractivity contribution in [2.75, 3.05) is 20.1 Å². The maximum Gasteiger partial charge on any atom is 0.234 e. The molecule has 2 fully saturated rings. The number of unbranched alkanes of at least 4 members (excludes halogenated alkanes) is 1. The largest absolute Gasteiger partial charge is 0.490 e. The van der Waals surface area contributed by atoms with Crippen molar-refractivity contribution in [3.8, 4) is 22.8 Å². The standard InChI is InChI=1S/C25H35N3O2/c1-3-4-9-24-23(18-25(27-26-24)30-22-14-16-28(2)17-15-22)19-10-12-21(13-11-19)29-20-7-5-6-8-20/h10-13,18,20,22H,3-9,14-17H2,1-2H3. The lowest BCUT2D eigenvalue weighted by atomic mass is 10.0. The van der Waals surface area contributed by atoms with Crippen LogP contribution in [0.4, 0.5) is 0 Å². The van der Waals surface area contributed by atoms with Gasteiger partial charge in [0, 0.05) is 24.7 Å². The summed E-state index contributed by atoms with van der Waals surface area (Å²) in [6, 6.07) is 10.6. The number of hydrogen-bond acceptors (Lipinski definition) is 5. The maximum absolute atomic E-state index is 6.21. The van der Waals surface area contributed by atoms with Crippen molar-refractivity contribution in [1.82, 2.24) is 15.1 Å². The monoisotopic (exact) mass is 409 g/mol. The Labute approximate surface area is 180 Å². The van der Waals surface area contributed by atoms with Crippen LogP contribution in [0.25, 0.3) is 11.1 Å². The zero-order valence-corrected chi connectivity index (χ0v) is 18.5. The van der Waals surface area contributed by atoms with Crippen LogP contribution < -0.4 is 9.47 Å². The zero-order chi connectivity index (χ0) is 20.8. The Morgan fingerprint density at radius 3 is 2.33 bits per heavy atom. The Morgan fingerprint density at radius 2 is 1.63 bits per heavy atom. The number of nitrogens with zero attached hydrogens (tertiary/aromatic N) is 3. The Kier molecular flexibility index (Phi) is 7.21. The van der Waals surface area contributed by atoms with Gasteiger partial charge in [-0.3, -0.25) is 0 Å². The summed E-state index contributed by atoms with van der Waals surface area (Å²) in [5.41, 5.74) is 3.34. The molecule has 2 heterocycles. The third kappa shape index (κ3) is 5.51. The molecule has 0 amide bonds. The number of aryl methyl sites for hydroxylation is 1. The van der Waals surface area contributed by atoms with Crippen molar-refractivity contribution >= 4 is 0 Å². The molecule has 1 aliphatic carbocycles. The van der Waals surface area contributed by atoms with E-state index >= 15 is 0 Å². The van der Waals surface area contributed by atoms with Gasteiger partial charge < -0.3 is 14.4 Å². The Hall–Kier alpha value is -2.14. The van der Waals surface area contributed by atoms with E-state index < -0.39 is 0 Å². The lowest BCUT2D eigenvalue weighted by Gasteiger charge is -2.28. The molecule has 4 rings (SSSR count). The summed E-state index contributed by atoms with van der Waals surface area (Å²) in [6.45, 7) is 4.35. The molecule has 0 N–H and O–H groups in total. The van der Waals surface area contributed by atoms with Crippen molar-refractivity contribution in [2.24, 2.45) is 0 Å². The first kappa shape index (κ1) is 21.1. The van der Waals surface area contributed by atoms with Gasteiger partial charge in [0.2, 0.25) is 5.88 Å². The van der Waals surface area contributed by atoms with Gasteiger partial charge in [0.05, 0.1) is 11.8 Å². The minimum atomic E-state index is 0.229. The van der Waals surface area contributed by atoms with Gasteiger partial charge in [0.25, 0.3) is 0 Å². The quantitative estimate of drug-likeness (QED) is 0.593. The highest BCUT2D eigenvalue weighted by atomic mass is 16.5. The molecule has 0 spiro atoms. The molecule has 162 valence electrons. The fourth-order valence-electron chi connectivity index (χ4n) is 4.42. The van der Waals surface area contributed by atoms with Crippen LogP contribution in [0.3, 0.4) is 0 Å². The van der Waals surface area contributed by atoms with Gasteiger partial charge >= 0.3 is 0 Å². The topological polar surface area (TPSA) is 47.5 Å². The van der Waals surface area contributed by atoms with E-state index in [1.54, 1.807) is 0 Å². The van der Waals surface area contributed by atoms with Crippen molar-refractivity contribution in [2.45, 2.75) is 76.9 Å². The van der Waals surface area contributed by atoms with Crippen LogP contribution >= 0.6 is 0 Å². The number of ether oxygens (including phenoxy) is 2. The van der Waals surface area contributed by atoms with Gasteiger partial charge in [-0.05, 0) is 76.1 Å². The third-order valence-corrected chi connectivity index (χ3v) is 6.34. The van der Waals surface area contributed by atoms with E-state index in [-0.39, 0.29) is 6.10 Å². The van der Waals surface area contributed by atoms with Crippen LogP contribution in [0.1, 0.15) is 64.0 Å². The van der Waals surface area contributed by atoms with E-state index in [0.29, 0.717) is 12.0 Å². The summed E-state index contributed by atoms with van der Waals surface area (Å²) < 4.78 is 12.4. The first-order valence-corrected chi connectivity index (χ1v) is 11.7. The van der Waals surface area contributed by atoms with Crippen LogP contribution in [0.5, 0.6) is 11.6 Å². The predicted molar refractivity (Wildman–Crippen MR) is 120 cm³/mol. The van der Waals surface area contributed by atoms with Crippen LogP contribution in [-0.2, 0) is 6.42 Å². The number of piperidine rings is 1. The molecule has 1 saturated carbocycles. The Morgan fingerprint density at radius 1 is 0.933 bits per heavy atom. The smallest absolute Gasteiger partial charge is 0.234 e. The van der Waals surface area contributed by atoms with E-state index in [1.807, 2.05) is 0 Å². The van der Waals surface area contributed by atoms with Crippen LogP contribution in [0.2, 0.25) is 0 Å². The lowest BCUT2D eigenvalue weighted by Crippen LogP contribution is -2.35. The molecule has 1 aliphatic heterocycles. The number of hydrogen-bond donors (Lipinski definition) is 0. The van der Waals surface area contributed by atoms with E-state index in [1.165, 1.54) is 25.7 Å². The van der Waals surface area contributed by atoms with E-state index in [9.17, 15) is 0 Å². The second-order valence-corrected chi connectivity index (χ2v) is 8.82. The third-order valence-electron chi connectivity index (χ3n) is 6.34. The summed E-state index contributed by atoms with van der Waals surface area (Å²) >= 11 is 0. The fraction of sp³-hybridized carbons (Fsp3) is 0.600. The number of likely N-dealkylation sites (tertiary alicyclic amines) is 1. The highest BCUT2D eigenvalue weighted by Gasteiger charge is 2.20. The van der Waals surface area contributed by atoms with Gasteiger partial charge in [0.1, 0.15) is 11.9 Å². The minimum Gasteiger partial charge on any atom is -0.490 e. The molecule has 1 saturated heterocycles. The summed E-state index contributed by atoms with van der Waals surface area (Å²) in [5.74, 6) is 1.61. The normalized spacial score (nSPS) is 18.6. The molecule has 1 aromatic carbocycles. The summed E-state index contributed by atoms with van der Waals surface area (Å²) in [5, 5.41) is 8.97. The lowest BCUT2D eigenvalue weighted by molar-refractivity contribution is 0.109. The molecule has 0 unspecified atom stereocenters. The summed E-state index contributed by atoms with van der Waals surface area (Å²) in [4.78, 5) is 2.35. The summed E-state index contributed by atoms with van der Waals surface area (Å²) in [6.07, 6.45) is 10.8. The molecule has 0 radical (unpaired) electrons. The van der Waals surface area contributed by atoms with E-state index in [2.05, 4.69) is 59.4 Å². The van der Waals surface area contributed by atoms with Crippen molar-refractivity contribution in [3.63, 3.8) is 0 Å². The highest BCUT2D eigenvalue weighted by molar-refractivity contribution is 5.67. The Balaban J connectivity index is 1.51. The van der Waals surface area contributed by atoms with Crippen molar-refractivity contribution in [1.29, 1.82) is 0 Å². The van der Waals surface area contributed by atoms with Crippen molar-refractivity contribution in [3.05, 3.63) is 36.0 Å². The van der Waals surface area contributed by atoms with Crippen LogP contribution in [-0.4, -0.2) is 47.4 Å². The number of benzene rings is 1. The average molecular weight is 410 g/mol. The van der Waals surface area contributed by atoms with E-state index in [4.69, 9.17) is 9.47 Å². The molecule has 0 atom stereocenters. The zero-order valence-electron chi connectivity index (χ0n) is 18.5. The molecule has 1 aromatic heterocycles. The number of aromatic nitrogens is 2. The predicted octanol–water partition coefficient (Wildman–Crippen LogP) is 5.28. The Bertz CT molecular complexity index is 795. The fourth-order valence-corrected chi connectivity index (χ4v) is 4.42. The average Bonchev–Trinajstić information content (AvgIpc) is 3.28. The first-order chi connectivity index (χ1) is 14.7. The van der Waals surface area contributed by atoms with Crippen molar-refractivity contribution < 1.29 is 9.47 Å².